The molecule has 0 aliphatic carbocycles. The van der Waals surface area contributed by atoms with Crippen LogP contribution in [-0.2, 0) is 9.32 Å². The molecule has 0 fully saturated rings. The summed E-state index contributed by atoms with van der Waals surface area (Å²) in [4.78, 5) is 10.0. The third-order valence-electron chi connectivity index (χ3n) is 0.457. The van der Waals surface area contributed by atoms with E-state index in [0.29, 0.717) is 0 Å². The second-order valence-corrected chi connectivity index (χ2v) is 1.35. The quantitative estimate of drug-likeness (QED) is 0.421. The summed E-state index contributed by atoms with van der Waals surface area (Å²) in [5.74, 6) is -0.634. The van der Waals surface area contributed by atoms with Gasteiger partial charge in [0.15, 0.2) is 0 Å². The van der Waals surface area contributed by atoms with Crippen LogP contribution < -0.4 is 0 Å². The van der Waals surface area contributed by atoms with E-state index < -0.39 is 12.1 Å². The minimum absolute atomic E-state index is 0. The van der Waals surface area contributed by atoms with Crippen molar-refractivity contribution in [1.29, 1.82) is 0 Å². The van der Waals surface area contributed by atoms with Crippen molar-refractivity contribution in [3.63, 3.8) is 0 Å². The minimum atomic E-state index is -1.02. The molecule has 0 heterocycles. The van der Waals surface area contributed by atoms with Gasteiger partial charge in [-0.05, 0) is 6.92 Å². The fraction of sp³-hybridized carbons (Fsp3) is 0.667. The largest absolute Gasteiger partial charge is 2.00 e. The monoisotopic (exact) mass is 164 g/mol. The maximum Gasteiger partial charge on any atom is 2.00 e. The molecule has 0 aromatic rings. The van der Waals surface area contributed by atoms with Gasteiger partial charge < -0.3 is 12.5 Å². The average molecular weight is 164 g/mol. The summed E-state index contributed by atoms with van der Waals surface area (Å²) in [6.45, 7) is 1.34. The summed E-state index contributed by atoms with van der Waals surface area (Å²) in [5.41, 5.74) is 0. The maximum atomic E-state index is 10.0. The molecular formula is C3H9CaO3P. The zero-order valence-corrected chi connectivity index (χ0v) is 7.99. The van der Waals surface area contributed by atoms with Crippen LogP contribution in [-0.4, -0.2) is 54.9 Å². The summed E-state index contributed by atoms with van der Waals surface area (Å²) in [5, 5.41) is 8.33. The van der Waals surface area contributed by atoms with E-state index in [2.05, 4.69) is 4.52 Å². The van der Waals surface area contributed by atoms with Gasteiger partial charge >= 0.3 is 43.7 Å². The molecule has 5 heteroatoms. The van der Waals surface area contributed by atoms with E-state index in [1.54, 1.807) is 9.47 Å². The summed E-state index contributed by atoms with van der Waals surface area (Å²) >= 11 is 0. The molecule has 0 bridgehead atoms. The Balaban J connectivity index is -0.0000000600. The van der Waals surface area contributed by atoms with Gasteiger partial charge in [-0.25, -0.2) is 4.79 Å². The number of carbonyl (C=O) groups is 1. The van der Waals surface area contributed by atoms with Crippen LogP contribution >= 0.6 is 9.47 Å². The van der Waals surface area contributed by atoms with Gasteiger partial charge in [-0.15, -0.1) is 0 Å². The molecule has 0 aromatic carbocycles. The van der Waals surface area contributed by atoms with Gasteiger partial charge in [-0.3, -0.25) is 0 Å². The first-order chi connectivity index (χ1) is 3.18. The molecule has 0 aliphatic heterocycles. The number of carbonyl (C=O) groups excluding carboxylic acids is 1. The van der Waals surface area contributed by atoms with Crippen LogP contribution in [0.1, 0.15) is 9.78 Å². The summed E-state index contributed by atoms with van der Waals surface area (Å²) in [6, 6.07) is 0. The Kier molecular flexibility index (Phi) is 9.26. The Labute approximate surface area is 83.0 Å². The van der Waals surface area contributed by atoms with E-state index in [1.165, 1.54) is 6.92 Å². The average Bonchev–Trinajstić information content (AvgIpc) is 1.65. The first kappa shape index (κ1) is 11.9. The second-order valence-electron chi connectivity index (χ2n) is 1.11. The minimum Gasteiger partial charge on any atom is -1.00 e. The van der Waals surface area contributed by atoms with Crippen molar-refractivity contribution >= 4 is 53.2 Å². The molecule has 0 amide bonds. The first-order valence-electron chi connectivity index (χ1n) is 1.77. The summed E-state index contributed by atoms with van der Waals surface area (Å²) < 4.78 is 4.04. The smallest absolute Gasteiger partial charge is 1.00 e. The fourth-order valence-corrected chi connectivity index (χ4v) is 0.295. The van der Waals surface area contributed by atoms with E-state index in [1.807, 2.05) is 0 Å². The standard InChI is InChI=1S/C3H7O3P.Ca.2H/c1-2(4)3(5)6-7;;;/h2,4H,7H2,1H3;;;/q;+2;2*-1. The number of aliphatic hydroxyl groups excluding tert-OH is 1. The topological polar surface area (TPSA) is 46.5 Å². The van der Waals surface area contributed by atoms with Crippen molar-refractivity contribution in [2.24, 2.45) is 0 Å². The molecule has 3 nitrogen and oxygen atoms in total. The van der Waals surface area contributed by atoms with E-state index in [0.717, 1.165) is 0 Å². The van der Waals surface area contributed by atoms with E-state index in [4.69, 9.17) is 5.11 Å². The molecule has 1 N–H and O–H groups in total. The van der Waals surface area contributed by atoms with Gasteiger partial charge in [0.25, 0.3) is 0 Å². The molecule has 0 aromatic heterocycles. The Morgan fingerprint density at radius 2 is 2.38 bits per heavy atom. The van der Waals surface area contributed by atoms with Crippen LogP contribution in [0.4, 0.5) is 0 Å². The van der Waals surface area contributed by atoms with E-state index >= 15 is 0 Å². The molecule has 0 saturated heterocycles. The zero-order valence-electron chi connectivity index (χ0n) is 6.63. The number of hydrogen-bond donors (Lipinski definition) is 1. The first-order valence-corrected chi connectivity index (χ1v) is 2.24. The van der Waals surface area contributed by atoms with Crippen LogP contribution in [0.2, 0.25) is 0 Å². The third-order valence-corrected chi connectivity index (χ3v) is 0.690. The van der Waals surface area contributed by atoms with E-state index in [-0.39, 0.29) is 40.6 Å². The molecule has 8 heavy (non-hydrogen) atoms. The van der Waals surface area contributed by atoms with Crippen molar-refractivity contribution in [2.45, 2.75) is 13.0 Å². The zero-order chi connectivity index (χ0) is 5.86. The van der Waals surface area contributed by atoms with Gasteiger partial charge in [0.05, 0.1) is 9.47 Å². The van der Waals surface area contributed by atoms with Gasteiger partial charge in [0, 0.05) is 0 Å². The molecule has 2 unspecified atom stereocenters. The Hall–Kier alpha value is 1.12. The van der Waals surface area contributed by atoms with Gasteiger partial charge in [0.2, 0.25) is 0 Å². The second kappa shape index (κ2) is 6.24. The van der Waals surface area contributed by atoms with Crippen molar-refractivity contribution in [1.82, 2.24) is 0 Å². The van der Waals surface area contributed by atoms with Gasteiger partial charge in [-0.2, -0.15) is 0 Å². The molecule has 2 atom stereocenters. The molecule has 0 saturated carbocycles. The molecule has 46 valence electrons. The Morgan fingerprint density at radius 3 is 2.38 bits per heavy atom. The molecular weight excluding hydrogens is 155 g/mol. The predicted molar refractivity (Wildman–Crippen MR) is 35.5 cm³/mol. The molecule has 0 spiro atoms. The number of aliphatic hydroxyl groups is 1. The van der Waals surface area contributed by atoms with E-state index in [9.17, 15) is 4.79 Å². The van der Waals surface area contributed by atoms with Crippen LogP contribution in [0.25, 0.3) is 0 Å². The molecule has 0 radical (unpaired) electrons. The van der Waals surface area contributed by atoms with Crippen molar-refractivity contribution in [3.8, 4) is 0 Å². The number of hydrogen-bond acceptors (Lipinski definition) is 3. The Bertz CT molecular complexity index is 82.1. The third kappa shape index (κ3) is 5.26. The van der Waals surface area contributed by atoms with Crippen molar-refractivity contribution < 1.29 is 17.3 Å². The Morgan fingerprint density at radius 1 is 2.00 bits per heavy atom. The molecule has 0 rings (SSSR count). The van der Waals surface area contributed by atoms with Gasteiger partial charge in [-0.1, -0.05) is 0 Å². The maximum absolute atomic E-state index is 10.0. The van der Waals surface area contributed by atoms with Crippen LogP contribution in [0, 0.1) is 0 Å². The van der Waals surface area contributed by atoms with Crippen LogP contribution in [0.5, 0.6) is 0 Å². The van der Waals surface area contributed by atoms with Crippen molar-refractivity contribution in [2.75, 3.05) is 0 Å². The normalized spacial score (nSPS) is 11.4. The fourth-order valence-electron chi connectivity index (χ4n) is 0.0985. The van der Waals surface area contributed by atoms with Crippen molar-refractivity contribution in [3.05, 3.63) is 0 Å². The number of rotatable bonds is 1. The predicted octanol–water partition coefficient (Wildman–Crippen LogP) is -0.455. The van der Waals surface area contributed by atoms with Crippen LogP contribution in [0.3, 0.4) is 0 Å². The summed E-state index contributed by atoms with van der Waals surface area (Å²) in [7, 11) is 1.75. The van der Waals surface area contributed by atoms with Crippen LogP contribution in [0.15, 0.2) is 0 Å². The summed E-state index contributed by atoms with van der Waals surface area (Å²) in [6.07, 6.45) is -1.02. The SMILES string of the molecule is CC(O)C(=O)OP.[Ca+2].[H-].[H-]. The van der Waals surface area contributed by atoms with Gasteiger partial charge in [0.1, 0.15) is 6.10 Å². The molecule has 0 aliphatic rings.